The van der Waals surface area contributed by atoms with Crippen LogP contribution in [0.2, 0.25) is 0 Å². The zero-order valence-electron chi connectivity index (χ0n) is 11.1. The highest BCUT2D eigenvalue weighted by Crippen LogP contribution is 2.25. The van der Waals surface area contributed by atoms with Gasteiger partial charge >= 0.3 is 0 Å². The third kappa shape index (κ3) is 2.37. The van der Waals surface area contributed by atoms with Crippen LogP contribution in [0.1, 0.15) is 24.5 Å². The molecular formula is C15H22N2. The molecule has 0 fully saturated rings. The molecule has 0 bridgehead atoms. The Morgan fingerprint density at radius 3 is 2.82 bits per heavy atom. The third-order valence-electron chi connectivity index (χ3n) is 3.41. The lowest BCUT2D eigenvalue weighted by atomic mass is 10.0. The molecule has 2 rings (SSSR count). The molecule has 17 heavy (non-hydrogen) atoms. The second-order valence-electron chi connectivity index (χ2n) is 4.62. The van der Waals surface area contributed by atoms with Gasteiger partial charge in [-0.3, -0.25) is 0 Å². The second kappa shape index (κ2) is 5.37. The Morgan fingerprint density at radius 2 is 2.12 bits per heavy atom. The van der Waals surface area contributed by atoms with Gasteiger partial charge in [-0.05, 0) is 57.5 Å². The second-order valence-corrected chi connectivity index (χ2v) is 4.62. The van der Waals surface area contributed by atoms with Crippen molar-refractivity contribution >= 4 is 10.9 Å². The summed E-state index contributed by atoms with van der Waals surface area (Å²) in [5.41, 5.74) is 4.27. The summed E-state index contributed by atoms with van der Waals surface area (Å²) in [7, 11) is 2.01. The lowest BCUT2D eigenvalue weighted by Gasteiger charge is -2.02. The summed E-state index contributed by atoms with van der Waals surface area (Å²) in [5, 5.41) is 4.68. The fourth-order valence-electron chi connectivity index (χ4n) is 2.54. The summed E-state index contributed by atoms with van der Waals surface area (Å²) >= 11 is 0. The minimum absolute atomic E-state index is 1.05. The number of aryl methyl sites for hydroxylation is 3. The molecule has 1 aromatic heterocycles. The Balaban J connectivity index is 2.40. The van der Waals surface area contributed by atoms with Crippen LogP contribution in [-0.4, -0.2) is 18.2 Å². The zero-order valence-corrected chi connectivity index (χ0v) is 11.1. The molecule has 2 heteroatoms. The van der Waals surface area contributed by atoms with E-state index >= 15 is 0 Å². The predicted molar refractivity (Wildman–Crippen MR) is 74.6 cm³/mol. The van der Waals surface area contributed by atoms with Crippen LogP contribution in [0.3, 0.4) is 0 Å². The molecule has 92 valence electrons. The average molecular weight is 230 g/mol. The third-order valence-corrected chi connectivity index (χ3v) is 3.41. The smallest absolute Gasteiger partial charge is 0.0485 e. The van der Waals surface area contributed by atoms with Crippen LogP contribution < -0.4 is 5.32 Å². The van der Waals surface area contributed by atoms with E-state index in [1.807, 2.05) is 7.05 Å². The summed E-state index contributed by atoms with van der Waals surface area (Å²) in [5.74, 6) is 0. The monoisotopic (exact) mass is 230 g/mol. The molecule has 1 heterocycles. The maximum absolute atomic E-state index is 3.21. The number of fused-ring (bicyclic) bond motifs is 1. The van der Waals surface area contributed by atoms with E-state index in [0.29, 0.717) is 0 Å². The van der Waals surface area contributed by atoms with E-state index in [9.17, 15) is 0 Å². The molecule has 0 spiro atoms. The SMILES string of the molecule is CCn1cc(CCCNC)c2c(C)cccc21. The first-order chi connectivity index (χ1) is 8.27. The topological polar surface area (TPSA) is 17.0 Å². The van der Waals surface area contributed by atoms with Crippen molar-refractivity contribution in [3.05, 3.63) is 35.5 Å². The minimum atomic E-state index is 1.05. The van der Waals surface area contributed by atoms with Crippen molar-refractivity contribution in [1.29, 1.82) is 0 Å². The van der Waals surface area contributed by atoms with E-state index in [-0.39, 0.29) is 0 Å². The highest BCUT2D eigenvalue weighted by atomic mass is 14.9. The van der Waals surface area contributed by atoms with Gasteiger partial charge in [-0.2, -0.15) is 0 Å². The Morgan fingerprint density at radius 1 is 1.29 bits per heavy atom. The lowest BCUT2D eigenvalue weighted by Crippen LogP contribution is -2.08. The van der Waals surface area contributed by atoms with Gasteiger partial charge in [0.25, 0.3) is 0 Å². The number of aromatic nitrogens is 1. The van der Waals surface area contributed by atoms with Crippen LogP contribution in [0.5, 0.6) is 0 Å². The molecule has 0 aliphatic carbocycles. The lowest BCUT2D eigenvalue weighted by molar-refractivity contribution is 0.721. The van der Waals surface area contributed by atoms with E-state index < -0.39 is 0 Å². The highest BCUT2D eigenvalue weighted by Gasteiger charge is 2.08. The minimum Gasteiger partial charge on any atom is -0.347 e. The van der Waals surface area contributed by atoms with Crippen molar-refractivity contribution in [1.82, 2.24) is 9.88 Å². The summed E-state index contributed by atoms with van der Waals surface area (Å²) in [6.45, 7) is 6.56. The maximum Gasteiger partial charge on any atom is 0.0485 e. The molecule has 0 radical (unpaired) electrons. The molecule has 0 saturated heterocycles. The Hall–Kier alpha value is -1.28. The van der Waals surface area contributed by atoms with Crippen molar-refractivity contribution in [2.45, 2.75) is 33.2 Å². The molecule has 0 saturated carbocycles. The molecule has 1 aromatic carbocycles. The van der Waals surface area contributed by atoms with Crippen molar-refractivity contribution in [2.24, 2.45) is 0 Å². The van der Waals surface area contributed by atoms with Gasteiger partial charge < -0.3 is 9.88 Å². The molecule has 0 aliphatic rings. The first kappa shape index (κ1) is 12.2. The first-order valence-corrected chi connectivity index (χ1v) is 6.49. The highest BCUT2D eigenvalue weighted by molar-refractivity contribution is 5.87. The van der Waals surface area contributed by atoms with Gasteiger partial charge in [0.2, 0.25) is 0 Å². The molecule has 2 aromatic rings. The van der Waals surface area contributed by atoms with E-state index in [2.05, 4.69) is 48.1 Å². The number of hydrogen-bond donors (Lipinski definition) is 1. The van der Waals surface area contributed by atoms with Crippen LogP contribution in [0.25, 0.3) is 10.9 Å². The van der Waals surface area contributed by atoms with E-state index in [4.69, 9.17) is 0 Å². The zero-order chi connectivity index (χ0) is 12.3. The largest absolute Gasteiger partial charge is 0.347 e. The average Bonchev–Trinajstić information content (AvgIpc) is 2.69. The normalized spacial score (nSPS) is 11.2. The number of rotatable bonds is 5. The molecular weight excluding hydrogens is 208 g/mol. The quantitative estimate of drug-likeness (QED) is 0.781. The summed E-state index contributed by atoms with van der Waals surface area (Å²) in [6.07, 6.45) is 4.69. The predicted octanol–water partition coefficient (Wildman–Crippen LogP) is 3.12. The summed E-state index contributed by atoms with van der Waals surface area (Å²) in [4.78, 5) is 0. The molecule has 2 nitrogen and oxygen atoms in total. The number of nitrogens with zero attached hydrogens (tertiary/aromatic N) is 1. The standard InChI is InChI=1S/C15H22N2/c1-4-17-11-13(8-6-10-16-3)15-12(2)7-5-9-14(15)17/h5,7,9,11,16H,4,6,8,10H2,1-3H3. The fraction of sp³-hybridized carbons (Fsp3) is 0.467. The van der Waals surface area contributed by atoms with Crippen molar-refractivity contribution < 1.29 is 0 Å². The summed E-state index contributed by atoms with van der Waals surface area (Å²) in [6, 6.07) is 6.60. The van der Waals surface area contributed by atoms with Crippen molar-refractivity contribution in [3.8, 4) is 0 Å². The van der Waals surface area contributed by atoms with E-state index in [0.717, 1.165) is 19.5 Å². The molecule has 0 unspecified atom stereocenters. The van der Waals surface area contributed by atoms with Gasteiger partial charge in [-0.15, -0.1) is 0 Å². The van der Waals surface area contributed by atoms with E-state index in [1.165, 1.54) is 28.5 Å². The van der Waals surface area contributed by atoms with Gasteiger partial charge in [-0.1, -0.05) is 12.1 Å². The van der Waals surface area contributed by atoms with Crippen LogP contribution >= 0.6 is 0 Å². The Kier molecular flexibility index (Phi) is 3.85. The van der Waals surface area contributed by atoms with Gasteiger partial charge in [0.05, 0.1) is 0 Å². The van der Waals surface area contributed by atoms with Crippen molar-refractivity contribution in [2.75, 3.05) is 13.6 Å². The van der Waals surface area contributed by atoms with Crippen LogP contribution in [0.4, 0.5) is 0 Å². The number of nitrogens with one attached hydrogen (secondary N) is 1. The number of hydrogen-bond acceptors (Lipinski definition) is 1. The maximum atomic E-state index is 3.21. The fourth-order valence-corrected chi connectivity index (χ4v) is 2.54. The molecule has 0 aliphatic heterocycles. The van der Waals surface area contributed by atoms with Gasteiger partial charge in [0.15, 0.2) is 0 Å². The van der Waals surface area contributed by atoms with Crippen LogP contribution in [-0.2, 0) is 13.0 Å². The molecule has 0 amide bonds. The Bertz CT molecular complexity index is 497. The Labute approximate surface area is 104 Å². The van der Waals surface area contributed by atoms with Crippen LogP contribution in [0, 0.1) is 6.92 Å². The van der Waals surface area contributed by atoms with Gasteiger partial charge in [-0.25, -0.2) is 0 Å². The first-order valence-electron chi connectivity index (χ1n) is 6.49. The van der Waals surface area contributed by atoms with E-state index in [1.54, 1.807) is 0 Å². The summed E-state index contributed by atoms with van der Waals surface area (Å²) < 4.78 is 2.36. The van der Waals surface area contributed by atoms with Gasteiger partial charge in [0.1, 0.15) is 0 Å². The van der Waals surface area contributed by atoms with Gasteiger partial charge in [0, 0.05) is 23.6 Å². The number of benzene rings is 1. The van der Waals surface area contributed by atoms with Crippen LogP contribution in [0.15, 0.2) is 24.4 Å². The molecule has 0 atom stereocenters. The van der Waals surface area contributed by atoms with Crippen molar-refractivity contribution in [3.63, 3.8) is 0 Å². The molecule has 1 N–H and O–H groups in total.